The van der Waals surface area contributed by atoms with Crippen LogP contribution in [-0.2, 0) is 0 Å². The highest BCUT2D eigenvalue weighted by Crippen LogP contribution is 2.27. The van der Waals surface area contributed by atoms with E-state index in [0.717, 1.165) is 12.0 Å². The first-order valence-electron chi connectivity index (χ1n) is 5.50. The van der Waals surface area contributed by atoms with Crippen molar-refractivity contribution in [2.24, 2.45) is 11.8 Å². The van der Waals surface area contributed by atoms with Crippen molar-refractivity contribution < 1.29 is 5.11 Å². The van der Waals surface area contributed by atoms with E-state index in [-0.39, 0.29) is 5.92 Å². The molecule has 0 aliphatic heterocycles. The minimum Gasteiger partial charge on any atom is -0.388 e. The first-order valence-corrected chi connectivity index (χ1v) is 5.50. The molecule has 0 amide bonds. The van der Waals surface area contributed by atoms with Crippen molar-refractivity contribution in [3.8, 4) is 0 Å². The van der Waals surface area contributed by atoms with E-state index in [1.807, 2.05) is 36.4 Å². The number of rotatable bonds is 5. The summed E-state index contributed by atoms with van der Waals surface area (Å²) in [4.78, 5) is 0. The Morgan fingerprint density at radius 3 is 2.33 bits per heavy atom. The summed E-state index contributed by atoms with van der Waals surface area (Å²) in [6.07, 6.45) is 2.41. The number of aliphatic hydroxyl groups excluding tert-OH is 1. The smallest absolute Gasteiger partial charge is 0.0852 e. The fourth-order valence-corrected chi connectivity index (χ4v) is 1.80. The summed E-state index contributed by atoms with van der Waals surface area (Å²) in [5.41, 5.74) is 0.975. The van der Waals surface area contributed by atoms with Gasteiger partial charge in [0.25, 0.3) is 0 Å². The molecule has 0 saturated heterocycles. The molecule has 1 aromatic rings. The normalized spacial score (nSPS) is 14.9. The van der Waals surface area contributed by atoms with Crippen LogP contribution < -0.4 is 0 Å². The monoisotopic (exact) mass is 204 g/mol. The Balaban J connectivity index is 2.73. The zero-order valence-corrected chi connectivity index (χ0v) is 9.56. The highest BCUT2D eigenvalue weighted by molar-refractivity contribution is 5.19. The summed E-state index contributed by atoms with van der Waals surface area (Å²) in [7, 11) is 0. The van der Waals surface area contributed by atoms with Crippen molar-refractivity contribution >= 4 is 0 Å². The van der Waals surface area contributed by atoms with Crippen molar-refractivity contribution in [2.75, 3.05) is 0 Å². The Bertz CT molecular complexity index is 289. The number of benzene rings is 1. The van der Waals surface area contributed by atoms with Gasteiger partial charge in [-0.15, -0.1) is 6.58 Å². The van der Waals surface area contributed by atoms with Crippen LogP contribution in [0.1, 0.15) is 31.9 Å². The lowest BCUT2D eigenvalue weighted by molar-refractivity contribution is 0.120. The largest absolute Gasteiger partial charge is 0.388 e. The van der Waals surface area contributed by atoms with E-state index >= 15 is 0 Å². The lowest BCUT2D eigenvalue weighted by Crippen LogP contribution is -2.12. The molecule has 0 heterocycles. The molecular weight excluding hydrogens is 184 g/mol. The summed E-state index contributed by atoms with van der Waals surface area (Å²) in [6, 6.07) is 9.78. The second kappa shape index (κ2) is 5.72. The van der Waals surface area contributed by atoms with E-state index in [1.54, 1.807) is 0 Å². The van der Waals surface area contributed by atoms with Crippen LogP contribution in [0, 0.1) is 11.8 Å². The van der Waals surface area contributed by atoms with E-state index in [0.29, 0.717) is 5.92 Å². The molecular formula is C14H20O. The molecule has 0 aliphatic rings. The molecule has 1 heteroatoms. The minimum absolute atomic E-state index is 0.146. The minimum atomic E-state index is -0.425. The van der Waals surface area contributed by atoms with Gasteiger partial charge >= 0.3 is 0 Å². The summed E-state index contributed by atoms with van der Waals surface area (Å²) in [6.45, 7) is 8.12. The van der Waals surface area contributed by atoms with Gasteiger partial charge in [0.1, 0.15) is 0 Å². The zero-order chi connectivity index (χ0) is 11.3. The van der Waals surface area contributed by atoms with Gasteiger partial charge in [-0.2, -0.15) is 0 Å². The summed E-state index contributed by atoms with van der Waals surface area (Å²) in [5.74, 6) is 0.721. The van der Waals surface area contributed by atoms with Gasteiger partial charge < -0.3 is 5.11 Å². The SMILES string of the molecule is C=CC(CC(C)C)[C@H](O)c1ccccc1. The van der Waals surface area contributed by atoms with Gasteiger partial charge in [0.15, 0.2) is 0 Å². The molecule has 0 aliphatic carbocycles. The number of aliphatic hydroxyl groups is 1. The Morgan fingerprint density at radius 2 is 1.87 bits per heavy atom. The molecule has 0 fully saturated rings. The van der Waals surface area contributed by atoms with Crippen LogP contribution in [0.15, 0.2) is 43.0 Å². The van der Waals surface area contributed by atoms with Gasteiger partial charge in [-0.25, -0.2) is 0 Å². The maximum atomic E-state index is 10.2. The first-order chi connectivity index (χ1) is 7.15. The molecule has 2 atom stereocenters. The average molecular weight is 204 g/mol. The topological polar surface area (TPSA) is 20.2 Å². The molecule has 0 radical (unpaired) electrons. The Kier molecular flexibility index (Phi) is 4.57. The third kappa shape index (κ3) is 3.52. The van der Waals surface area contributed by atoms with Gasteiger partial charge in [0.05, 0.1) is 6.10 Å². The third-order valence-electron chi connectivity index (χ3n) is 2.59. The van der Waals surface area contributed by atoms with Crippen LogP contribution >= 0.6 is 0 Å². The Hall–Kier alpha value is -1.08. The van der Waals surface area contributed by atoms with Crippen LogP contribution in [0.25, 0.3) is 0 Å². The number of hydrogen-bond acceptors (Lipinski definition) is 1. The van der Waals surface area contributed by atoms with E-state index in [9.17, 15) is 5.11 Å². The van der Waals surface area contributed by atoms with Crippen LogP contribution in [-0.4, -0.2) is 5.11 Å². The van der Waals surface area contributed by atoms with Crippen LogP contribution in [0.3, 0.4) is 0 Å². The first kappa shape index (κ1) is 12.0. The Morgan fingerprint density at radius 1 is 1.27 bits per heavy atom. The molecule has 15 heavy (non-hydrogen) atoms. The van der Waals surface area contributed by atoms with Crippen LogP contribution in [0.2, 0.25) is 0 Å². The predicted octanol–water partition coefficient (Wildman–Crippen LogP) is 3.57. The van der Waals surface area contributed by atoms with E-state index < -0.39 is 6.10 Å². The highest BCUT2D eigenvalue weighted by Gasteiger charge is 2.18. The summed E-state index contributed by atoms with van der Waals surface area (Å²) in [5, 5.41) is 10.2. The molecule has 0 spiro atoms. The molecule has 1 unspecified atom stereocenters. The van der Waals surface area contributed by atoms with Gasteiger partial charge in [0, 0.05) is 5.92 Å². The molecule has 82 valence electrons. The van der Waals surface area contributed by atoms with Crippen molar-refractivity contribution in [2.45, 2.75) is 26.4 Å². The molecule has 0 saturated carbocycles. The van der Waals surface area contributed by atoms with E-state index in [2.05, 4.69) is 20.4 Å². The van der Waals surface area contributed by atoms with Crippen molar-refractivity contribution in [1.82, 2.24) is 0 Å². The lowest BCUT2D eigenvalue weighted by atomic mass is 9.88. The van der Waals surface area contributed by atoms with Crippen molar-refractivity contribution in [1.29, 1.82) is 0 Å². The third-order valence-corrected chi connectivity index (χ3v) is 2.59. The molecule has 0 bridgehead atoms. The quantitative estimate of drug-likeness (QED) is 0.727. The van der Waals surface area contributed by atoms with Gasteiger partial charge in [-0.05, 0) is 17.9 Å². The van der Waals surface area contributed by atoms with E-state index in [4.69, 9.17) is 0 Å². The standard InChI is InChI=1S/C14H20O/c1-4-12(10-11(2)3)14(15)13-8-6-5-7-9-13/h4-9,11-12,14-15H,1,10H2,2-3H3/t12?,14-/m0/s1. The summed E-state index contributed by atoms with van der Waals surface area (Å²) < 4.78 is 0. The molecule has 1 rings (SSSR count). The summed E-state index contributed by atoms with van der Waals surface area (Å²) >= 11 is 0. The second-order valence-corrected chi connectivity index (χ2v) is 4.38. The fraction of sp³-hybridized carbons (Fsp3) is 0.429. The zero-order valence-electron chi connectivity index (χ0n) is 9.56. The predicted molar refractivity (Wildman–Crippen MR) is 64.5 cm³/mol. The molecule has 1 nitrogen and oxygen atoms in total. The van der Waals surface area contributed by atoms with Crippen molar-refractivity contribution in [3.05, 3.63) is 48.6 Å². The van der Waals surface area contributed by atoms with Gasteiger partial charge in [-0.1, -0.05) is 50.3 Å². The molecule has 1 aromatic carbocycles. The van der Waals surface area contributed by atoms with Crippen molar-refractivity contribution in [3.63, 3.8) is 0 Å². The second-order valence-electron chi connectivity index (χ2n) is 4.38. The molecule has 0 aromatic heterocycles. The lowest BCUT2D eigenvalue weighted by Gasteiger charge is -2.21. The Labute approximate surface area is 92.5 Å². The van der Waals surface area contributed by atoms with Crippen LogP contribution in [0.4, 0.5) is 0 Å². The number of hydrogen-bond donors (Lipinski definition) is 1. The van der Waals surface area contributed by atoms with Crippen LogP contribution in [0.5, 0.6) is 0 Å². The van der Waals surface area contributed by atoms with E-state index in [1.165, 1.54) is 0 Å². The van der Waals surface area contributed by atoms with Gasteiger partial charge in [0.2, 0.25) is 0 Å². The fourth-order valence-electron chi connectivity index (χ4n) is 1.80. The maximum absolute atomic E-state index is 10.2. The maximum Gasteiger partial charge on any atom is 0.0852 e. The van der Waals surface area contributed by atoms with Gasteiger partial charge in [-0.3, -0.25) is 0 Å². The average Bonchev–Trinajstić information content (AvgIpc) is 2.26. The molecule has 1 N–H and O–H groups in total. The highest BCUT2D eigenvalue weighted by atomic mass is 16.3.